The van der Waals surface area contributed by atoms with Gasteiger partial charge < -0.3 is 9.30 Å². The Morgan fingerprint density at radius 3 is 2.44 bits per heavy atom. The van der Waals surface area contributed by atoms with Crippen LogP contribution >= 0.6 is 11.6 Å². The number of nitrogens with zero attached hydrogens (tertiary/aromatic N) is 7. The van der Waals surface area contributed by atoms with Crippen LogP contribution in [0, 0.1) is 6.92 Å². The number of sulfone groups is 1. The maximum absolute atomic E-state index is 13.6. The van der Waals surface area contributed by atoms with Crippen molar-refractivity contribution >= 4 is 21.4 Å². The minimum absolute atomic E-state index is 0.229. The number of hydrogen-bond acceptors (Lipinski definition) is 9. The number of methoxy groups -OCH3 is 1. The summed E-state index contributed by atoms with van der Waals surface area (Å²) in [5.41, 5.74) is 2.28. The molecule has 10 nitrogen and oxygen atoms in total. The molecule has 0 N–H and O–H groups in total. The Morgan fingerprint density at radius 2 is 1.81 bits per heavy atom. The van der Waals surface area contributed by atoms with Crippen molar-refractivity contribution in [3.63, 3.8) is 0 Å². The highest BCUT2D eigenvalue weighted by atomic mass is 35.5. The van der Waals surface area contributed by atoms with E-state index >= 15 is 0 Å². The molecule has 4 aromatic heterocycles. The third-order valence-electron chi connectivity index (χ3n) is 5.91. The first kappa shape index (κ1) is 25.8. The van der Waals surface area contributed by atoms with Crippen LogP contribution in [0.1, 0.15) is 48.9 Å². The Kier molecular flexibility index (Phi) is 7.72. The maximum atomic E-state index is 13.6. The molecule has 4 heterocycles. The molecular weight excluding hydrogens is 502 g/mol. The largest absolute Gasteiger partial charge is 0.372 e. The van der Waals surface area contributed by atoms with Gasteiger partial charge in [-0.05, 0) is 44.5 Å². The average molecular weight is 528 g/mol. The Bertz CT molecular complexity index is 1430. The van der Waals surface area contributed by atoms with E-state index in [2.05, 4.69) is 30.1 Å². The van der Waals surface area contributed by atoms with Crippen LogP contribution in [0.2, 0.25) is 5.02 Å². The topological polar surface area (TPSA) is 126 Å². The molecule has 0 aliphatic rings. The summed E-state index contributed by atoms with van der Waals surface area (Å²) in [5, 5.41) is 8.01. The van der Waals surface area contributed by atoms with E-state index in [4.69, 9.17) is 16.3 Å². The molecule has 0 amide bonds. The molecule has 0 saturated carbocycles. The smallest absolute Gasteiger partial charge is 0.183 e. The molecule has 0 spiro atoms. The number of aromatic nitrogens is 7. The summed E-state index contributed by atoms with van der Waals surface area (Å²) in [4.78, 5) is 17.1. The first-order chi connectivity index (χ1) is 17.2. The number of hydrogen-bond donors (Lipinski definition) is 0. The summed E-state index contributed by atoms with van der Waals surface area (Å²) in [6.07, 6.45) is 5.34. The Balaban J connectivity index is 1.74. The third-order valence-corrected chi connectivity index (χ3v) is 8.15. The van der Waals surface area contributed by atoms with Crippen molar-refractivity contribution in [1.82, 2.24) is 34.7 Å². The van der Waals surface area contributed by atoms with Crippen molar-refractivity contribution in [2.75, 3.05) is 7.11 Å². The van der Waals surface area contributed by atoms with Gasteiger partial charge in [-0.15, -0.1) is 10.2 Å². The van der Waals surface area contributed by atoms with Crippen molar-refractivity contribution in [3.8, 4) is 11.5 Å². The van der Waals surface area contributed by atoms with Crippen LogP contribution in [-0.4, -0.2) is 55.5 Å². The zero-order chi connectivity index (χ0) is 25.9. The van der Waals surface area contributed by atoms with E-state index in [-0.39, 0.29) is 23.4 Å². The highest BCUT2D eigenvalue weighted by molar-refractivity contribution is 7.91. The molecule has 4 aromatic rings. The van der Waals surface area contributed by atoms with Crippen molar-refractivity contribution in [2.24, 2.45) is 0 Å². The van der Waals surface area contributed by atoms with E-state index in [9.17, 15) is 8.42 Å². The molecule has 3 atom stereocenters. The molecule has 36 heavy (non-hydrogen) atoms. The van der Waals surface area contributed by atoms with Crippen LogP contribution in [0.25, 0.3) is 11.5 Å². The second-order valence-corrected chi connectivity index (χ2v) is 11.2. The lowest BCUT2D eigenvalue weighted by Gasteiger charge is -2.23. The average Bonchev–Trinajstić information content (AvgIpc) is 3.28. The standard InChI is InChI=1S/C24H26ClN7O3S/c1-15-7-5-9-20(29-15)24-31-30-21(32(24)16(2)18-8-6-10-26-11-18)14-36(33,34)17(3)22(35-4)23-27-12-19(25)13-28-23/h5-13,16-17,22H,14H2,1-4H3/t16-,17+,22+/m1/s1. The molecule has 0 unspecified atom stereocenters. The Hall–Kier alpha value is -3.28. The van der Waals surface area contributed by atoms with Crippen LogP contribution in [0.5, 0.6) is 0 Å². The van der Waals surface area contributed by atoms with Gasteiger partial charge in [-0.3, -0.25) is 4.98 Å². The number of aryl methyl sites for hydroxylation is 1. The summed E-state index contributed by atoms with van der Waals surface area (Å²) in [5.74, 6) is 0.610. The van der Waals surface area contributed by atoms with Crippen molar-refractivity contribution in [2.45, 2.75) is 43.9 Å². The van der Waals surface area contributed by atoms with Crippen LogP contribution in [0.15, 0.2) is 55.1 Å². The quantitative estimate of drug-likeness (QED) is 0.319. The van der Waals surface area contributed by atoms with E-state index in [0.717, 1.165) is 11.3 Å². The van der Waals surface area contributed by atoms with Gasteiger partial charge in [-0.2, -0.15) is 0 Å². The van der Waals surface area contributed by atoms with Crippen molar-refractivity contribution in [3.05, 3.63) is 83.0 Å². The van der Waals surface area contributed by atoms with E-state index in [1.54, 1.807) is 23.9 Å². The molecule has 4 rings (SSSR count). The van der Waals surface area contributed by atoms with Gasteiger partial charge in [0.25, 0.3) is 0 Å². The second kappa shape index (κ2) is 10.8. The normalized spacial score (nSPS) is 14.4. The predicted octanol–water partition coefficient (Wildman–Crippen LogP) is 3.79. The van der Waals surface area contributed by atoms with Gasteiger partial charge >= 0.3 is 0 Å². The molecule has 0 aliphatic heterocycles. The second-order valence-electron chi connectivity index (χ2n) is 8.36. The first-order valence-electron chi connectivity index (χ1n) is 11.2. The van der Waals surface area contributed by atoms with Crippen molar-refractivity contribution in [1.29, 1.82) is 0 Å². The van der Waals surface area contributed by atoms with Gasteiger partial charge in [0, 0.05) is 37.6 Å². The number of halogens is 1. The fourth-order valence-corrected chi connectivity index (χ4v) is 5.45. The fourth-order valence-electron chi connectivity index (χ4n) is 3.92. The van der Waals surface area contributed by atoms with Crippen LogP contribution < -0.4 is 0 Å². The molecule has 0 bridgehead atoms. The fraction of sp³-hybridized carbons (Fsp3) is 0.333. The number of rotatable bonds is 9. The molecular formula is C24H26ClN7O3S. The van der Waals surface area contributed by atoms with Gasteiger partial charge in [0.1, 0.15) is 23.4 Å². The zero-order valence-corrected chi connectivity index (χ0v) is 21.8. The lowest BCUT2D eigenvalue weighted by molar-refractivity contribution is 0.0948. The third kappa shape index (κ3) is 5.43. The molecule has 0 saturated heterocycles. The van der Waals surface area contributed by atoms with E-state index in [0.29, 0.717) is 16.5 Å². The monoisotopic (exact) mass is 527 g/mol. The van der Waals surface area contributed by atoms with Gasteiger partial charge in [0.15, 0.2) is 21.5 Å². The minimum Gasteiger partial charge on any atom is -0.372 e. The molecule has 0 radical (unpaired) electrons. The van der Waals surface area contributed by atoms with Crippen LogP contribution in [0.3, 0.4) is 0 Å². The summed E-state index contributed by atoms with van der Waals surface area (Å²) in [6.45, 7) is 5.39. The van der Waals surface area contributed by atoms with Crippen molar-refractivity contribution < 1.29 is 13.2 Å². The van der Waals surface area contributed by atoms with Gasteiger partial charge in [0.2, 0.25) is 0 Å². The molecule has 12 heteroatoms. The number of pyridine rings is 2. The summed E-state index contributed by atoms with van der Waals surface area (Å²) in [6, 6.07) is 9.03. The van der Waals surface area contributed by atoms with Gasteiger partial charge in [-0.1, -0.05) is 23.7 Å². The Morgan fingerprint density at radius 1 is 1.06 bits per heavy atom. The van der Waals surface area contributed by atoms with Crippen LogP contribution in [-0.2, 0) is 20.3 Å². The summed E-state index contributed by atoms with van der Waals surface area (Å²) >= 11 is 5.88. The lowest BCUT2D eigenvalue weighted by atomic mass is 10.1. The SMILES string of the molecule is CO[C@H](c1ncc(Cl)cn1)[C@H](C)S(=O)(=O)Cc1nnc(-c2cccc(C)n2)n1[C@H](C)c1cccnc1. The zero-order valence-electron chi connectivity index (χ0n) is 20.3. The van der Waals surface area contributed by atoms with Gasteiger partial charge in [-0.25, -0.2) is 23.4 Å². The van der Waals surface area contributed by atoms with Gasteiger partial charge in [0.05, 0.1) is 16.3 Å². The van der Waals surface area contributed by atoms with E-state index in [1.807, 2.05) is 44.2 Å². The predicted molar refractivity (Wildman–Crippen MR) is 135 cm³/mol. The first-order valence-corrected chi connectivity index (χ1v) is 13.3. The highest BCUT2D eigenvalue weighted by Gasteiger charge is 2.35. The molecule has 188 valence electrons. The molecule has 0 fully saturated rings. The molecule has 0 aliphatic carbocycles. The highest BCUT2D eigenvalue weighted by Crippen LogP contribution is 2.29. The van der Waals surface area contributed by atoms with Crippen LogP contribution in [0.4, 0.5) is 0 Å². The Labute approximate surface area is 214 Å². The lowest BCUT2D eigenvalue weighted by Crippen LogP contribution is -2.30. The summed E-state index contributed by atoms with van der Waals surface area (Å²) < 4.78 is 34.4. The summed E-state index contributed by atoms with van der Waals surface area (Å²) in [7, 11) is -2.38. The van der Waals surface area contributed by atoms with E-state index in [1.165, 1.54) is 19.5 Å². The maximum Gasteiger partial charge on any atom is 0.183 e. The molecule has 0 aromatic carbocycles. The number of ether oxygens (including phenoxy) is 1. The minimum atomic E-state index is -3.80. The van der Waals surface area contributed by atoms with E-state index < -0.39 is 21.2 Å².